The van der Waals surface area contributed by atoms with E-state index in [4.69, 9.17) is 5.11 Å². The maximum Gasteiger partial charge on any atom is 0.105 e. The Hall–Kier alpha value is -0.110. The van der Waals surface area contributed by atoms with E-state index in [1.54, 1.807) is 0 Å². The molecule has 0 atom stereocenters. The first-order valence-corrected chi connectivity index (χ1v) is 2.11. The van der Waals surface area contributed by atoms with Gasteiger partial charge in [0.05, 0.1) is 6.10 Å². The van der Waals surface area contributed by atoms with Gasteiger partial charge in [-0.25, -0.2) is 4.39 Å². The highest BCUT2D eigenvalue weighted by Crippen LogP contribution is 2.21. The number of aliphatic hydroxyl groups is 1. The fourth-order valence-corrected chi connectivity index (χ4v) is 0.521. The van der Waals surface area contributed by atoms with Crippen LogP contribution in [0, 0.1) is 0 Å². The Balaban J connectivity index is 2.11. The fourth-order valence-electron chi connectivity index (χ4n) is 0.521. The minimum absolute atomic E-state index is 0.333. The Morgan fingerprint density at radius 1 is 1.50 bits per heavy atom. The predicted octanol–water partition coefficient (Wildman–Crippen LogP) is 0.479. The zero-order valence-corrected chi connectivity index (χ0v) is 3.39. The highest BCUT2D eigenvalue weighted by molar-refractivity contribution is 4.77. The first-order chi connectivity index (χ1) is 2.79. The molecule has 0 aliphatic heterocycles. The number of hydrogen-bond acceptors (Lipinski definition) is 1. The molecule has 2 heteroatoms. The van der Waals surface area contributed by atoms with Crippen molar-refractivity contribution in [2.45, 2.75) is 25.1 Å². The van der Waals surface area contributed by atoms with Crippen molar-refractivity contribution in [2.24, 2.45) is 0 Å². The molecule has 0 amide bonds. The van der Waals surface area contributed by atoms with Crippen molar-refractivity contribution >= 4 is 0 Å². The normalized spacial score (nSPS) is 45.0. The van der Waals surface area contributed by atoms with Crippen LogP contribution in [0.5, 0.6) is 0 Å². The molecule has 0 saturated heterocycles. The third kappa shape index (κ3) is 0.522. The number of alkyl halides is 1. The van der Waals surface area contributed by atoms with E-state index >= 15 is 0 Å². The summed E-state index contributed by atoms with van der Waals surface area (Å²) in [5, 5.41) is 8.38. The highest BCUT2D eigenvalue weighted by atomic mass is 19.1. The van der Waals surface area contributed by atoms with Gasteiger partial charge in [-0.05, 0) is 0 Å². The van der Waals surface area contributed by atoms with Crippen LogP contribution < -0.4 is 0 Å². The SMILES string of the molecule is OC1CC(F)C1. The van der Waals surface area contributed by atoms with Crippen molar-refractivity contribution in [1.82, 2.24) is 0 Å². The highest BCUT2D eigenvalue weighted by Gasteiger charge is 2.25. The first kappa shape index (κ1) is 4.06. The second-order valence-electron chi connectivity index (χ2n) is 1.72. The summed E-state index contributed by atoms with van der Waals surface area (Å²) < 4.78 is 11.6. The zero-order chi connectivity index (χ0) is 4.57. The molecular weight excluding hydrogens is 83.0 g/mol. The second-order valence-corrected chi connectivity index (χ2v) is 1.72. The van der Waals surface area contributed by atoms with Gasteiger partial charge in [-0.1, -0.05) is 0 Å². The van der Waals surface area contributed by atoms with Gasteiger partial charge in [-0.2, -0.15) is 0 Å². The molecule has 36 valence electrons. The van der Waals surface area contributed by atoms with Crippen molar-refractivity contribution in [3.63, 3.8) is 0 Å². The number of halogens is 1. The third-order valence-corrected chi connectivity index (χ3v) is 1.06. The molecule has 1 aliphatic rings. The Morgan fingerprint density at radius 2 is 2.00 bits per heavy atom. The van der Waals surface area contributed by atoms with Crippen molar-refractivity contribution in [1.29, 1.82) is 0 Å². The van der Waals surface area contributed by atoms with Crippen LogP contribution in [0.3, 0.4) is 0 Å². The van der Waals surface area contributed by atoms with Gasteiger partial charge in [0.2, 0.25) is 0 Å². The smallest absolute Gasteiger partial charge is 0.105 e. The largest absolute Gasteiger partial charge is 0.393 e. The molecule has 1 saturated carbocycles. The van der Waals surface area contributed by atoms with Crippen LogP contribution in [0.4, 0.5) is 4.39 Å². The minimum atomic E-state index is -0.708. The lowest BCUT2D eigenvalue weighted by Crippen LogP contribution is -2.29. The van der Waals surface area contributed by atoms with E-state index in [0.29, 0.717) is 12.8 Å². The summed E-state index contributed by atoms with van der Waals surface area (Å²) in [5.74, 6) is 0. The third-order valence-electron chi connectivity index (χ3n) is 1.06. The maximum absolute atomic E-state index is 11.6. The summed E-state index contributed by atoms with van der Waals surface area (Å²) in [6.45, 7) is 0. The van der Waals surface area contributed by atoms with Gasteiger partial charge in [-0.3, -0.25) is 0 Å². The molecule has 6 heavy (non-hydrogen) atoms. The summed E-state index contributed by atoms with van der Waals surface area (Å²) >= 11 is 0. The average molecular weight is 90.1 g/mol. The molecule has 1 nitrogen and oxygen atoms in total. The van der Waals surface area contributed by atoms with Crippen molar-refractivity contribution in [3.05, 3.63) is 0 Å². The van der Waals surface area contributed by atoms with Crippen LogP contribution in [-0.2, 0) is 0 Å². The predicted molar refractivity (Wildman–Crippen MR) is 20.1 cm³/mol. The second kappa shape index (κ2) is 1.19. The minimum Gasteiger partial charge on any atom is -0.393 e. The Labute approximate surface area is 35.8 Å². The molecule has 0 bridgehead atoms. The molecule has 0 aromatic rings. The van der Waals surface area contributed by atoms with E-state index in [-0.39, 0.29) is 6.10 Å². The Kier molecular flexibility index (Phi) is 0.804. The molecule has 0 aromatic carbocycles. The van der Waals surface area contributed by atoms with E-state index in [1.165, 1.54) is 0 Å². The van der Waals surface area contributed by atoms with E-state index in [2.05, 4.69) is 0 Å². The topological polar surface area (TPSA) is 20.2 Å². The fraction of sp³-hybridized carbons (Fsp3) is 1.00. The summed E-state index contributed by atoms with van der Waals surface area (Å²) in [4.78, 5) is 0. The van der Waals surface area contributed by atoms with Crippen LogP contribution in [0.2, 0.25) is 0 Å². The molecule has 1 aliphatic carbocycles. The zero-order valence-electron chi connectivity index (χ0n) is 3.39. The molecule has 0 unspecified atom stereocenters. The molecular formula is C4H7FO. The number of hydrogen-bond donors (Lipinski definition) is 1. The Morgan fingerprint density at radius 3 is 2.00 bits per heavy atom. The van der Waals surface area contributed by atoms with Gasteiger partial charge >= 0.3 is 0 Å². The van der Waals surface area contributed by atoms with Crippen LogP contribution in [0.1, 0.15) is 12.8 Å². The van der Waals surface area contributed by atoms with Gasteiger partial charge in [0.25, 0.3) is 0 Å². The van der Waals surface area contributed by atoms with Crippen LogP contribution >= 0.6 is 0 Å². The molecule has 1 rings (SSSR count). The summed E-state index contributed by atoms with van der Waals surface area (Å²) in [6.07, 6.45) is -0.319. The van der Waals surface area contributed by atoms with Crippen molar-refractivity contribution in [3.8, 4) is 0 Å². The van der Waals surface area contributed by atoms with Gasteiger partial charge in [0, 0.05) is 12.8 Å². The van der Waals surface area contributed by atoms with Crippen LogP contribution in [0.25, 0.3) is 0 Å². The van der Waals surface area contributed by atoms with Gasteiger partial charge in [0.15, 0.2) is 0 Å². The Bertz CT molecular complexity index is 43.5. The number of aliphatic hydroxyl groups excluding tert-OH is 1. The van der Waals surface area contributed by atoms with E-state index in [1.807, 2.05) is 0 Å². The first-order valence-electron chi connectivity index (χ1n) is 2.11. The van der Waals surface area contributed by atoms with E-state index in [9.17, 15) is 4.39 Å². The van der Waals surface area contributed by atoms with Crippen LogP contribution in [0.15, 0.2) is 0 Å². The van der Waals surface area contributed by atoms with Crippen LogP contribution in [-0.4, -0.2) is 17.4 Å². The van der Waals surface area contributed by atoms with Gasteiger partial charge in [-0.15, -0.1) is 0 Å². The van der Waals surface area contributed by atoms with E-state index < -0.39 is 6.17 Å². The molecule has 0 spiro atoms. The molecule has 0 radical (unpaired) electrons. The standard InChI is InChI=1S/C4H7FO/c5-3-1-4(6)2-3/h3-4,6H,1-2H2. The van der Waals surface area contributed by atoms with Crippen molar-refractivity contribution < 1.29 is 9.50 Å². The average Bonchev–Trinajstić information content (AvgIpc) is 1.33. The molecule has 0 heterocycles. The summed E-state index contributed by atoms with van der Waals surface area (Å²) in [7, 11) is 0. The number of rotatable bonds is 0. The maximum atomic E-state index is 11.6. The monoisotopic (exact) mass is 90.0 g/mol. The van der Waals surface area contributed by atoms with E-state index in [0.717, 1.165) is 0 Å². The summed E-state index contributed by atoms with van der Waals surface area (Å²) in [6, 6.07) is 0. The lowest BCUT2D eigenvalue weighted by atomic mass is 9.94. The summed E-state index contributed by atoms with van der Waals surface area (Å²) in [5.41, 5.74) is 0. The quantitative estimate of drug-likeness (QED) is 0.458. The van der Waals surface area contributed by atoms with Gasteiger partial charge in [0.1, 0.15) is 6.17 Å². The molecule has 1 N–H and O–H groups in total. The molecule has 1 fully saturated rings. The lowest BCUT2D eigenvalue weighted by Gasteiger charge is -2.23. The van der Waals surface area contributed by atoms with Crippen molar-refractivity contribution in [2.75, 3.05) is 0 Å². The van der Waals surface area contributed by atoms with Gasteiger partial charge < -0.3 is 5.11 Å². The lowest BCUT2D eigenvalue weighted by molar-refractivity contribution is 0.0222. The molecule has 0 aromatic heterocycles.